The van der Waals surface area contributed by atoms with Crippen LogP contribution in [0, 0.1) is 5.92 Å². The number of hydrogen-bond donors (Lipinski definition) is 3. The van der Waals surface area contributed by atoms with Crippen LogP contribution in [0.5, 0.6) is 5.75 Å². The van der Waals surface area contributed by atoms with Crippen molar-refractivity contribution in [2.75, 3.05) is 6.54 Å². The van der Waals surface area contributed by atoms with Crippen molar-refractivity contribution >= 4 is 11.9 Å². The molecule has 0 aliphatic rings. The summed E-state index contributed by atoms with van der Waals surface area (Å²) in [5, 5.41) is 14.1. The first-order chi connectivity index (χ1) is 12.8. The van der Waals surface area contributed by atoms with Gasteiger partial charge in [0.25, 0.3) is 5.91 Å². The first kappa shape index (κ1) is 20.6. The van der Waals surface area contributed by atoms with Crippen LogP contribution < -0.4 is 15.8 Å². The highest BCUT2D eigenvalue weighted by atomic mass is 16.5. The number of likely N-dealkylation sites (N-methyl/N-ethyl adjacent to an activating group) is 1. The van der Waals surface area contributed by atoms with E-state index in [1.807, 2.05) is 13.8 Å². The Morgan fingerprint density at radius 2 is 1.70 bits per heavy atom. The second-order valence-electron chi connectivity index (χ2n) is 6.62. The highest BCUT2D eigenvalue weighted by Crippen LogP contribution is 2.36. The normalized spacial score (nSPS) is 14.3. The molecule has 0 radical (unpaired) electrons. The number of para-hydroxylation sites is 1. The molecule has 0 heterocycles. The molecule has 0 saturated heterocycles. The third kappa shape index (κ3) is 4.35. The van der Waals surface area contributed by atoms with E-state index in [1.165, 1.54) is 6.07 Å². The molecule has 2 aromatic rings. The quantitative estimate of drug-likeness (QED) is 0.511. The maximum atomic E-state index is 12.8. The number of aliphatic hydroxyl groups is 1. The molecule has 2 aromatic carbocycles. The van der Waals surface area contributed by atoms with Crippen LogP contribution in [0.4, 0.5) is 0 Å². The van der Waals surface area contributed by atoms with Crippen LogP contribution in [0.25, 0.3) is 0 Å². The molecule has 0 spiro atoms. The van der Waals surface area contributed by atoms with Gasteiger partial charge in [0.05, 0.1) is 0 Å². The average molecular weight is 370 g/mol. The Bertz CT molecular complexity index is 792. The van der Waals surface area contributed by atoms with Crippen LogP contribution in [0.3, 0.4) is 0 Å². The van der Waals surface area contributed by atoms with Gasteiger partial charge in [-0.05, 0) is 24.5 Å². The Morgan fingerprint density at radius 3 is 2.30 bits per heavy atom. The molecule has 2 rings (SSSR count). The van der Waals surface area contributed by atoms with Crippen LogP contribution in [-0.4, -0.2) is 29.6 Å². The van der Waals surface area contributed by atoms with Gasteiger partial charge in [0.15, 0.2) is 5.60 Å². The number of rotatable bonds is 7. The highest BCUT2D eigenvalue weighted by Gasteiger charge is 2.42. The Morgan fingerprint density at radius 1 is 1.11 bits per heavy atom. The third-order valence-corrected chi connectivity index (χ3v) is 4.34. The zero-order valence-corrected chi connectivity index (χ0v) is 15.8. The Hall–Kier alpha value is -2.70. The summed E-state index contributed by atoms with van der Waals surface area (Å²) < 4.78 is 5.46. The van der Waals surface area contributed by atoms with Gasteiger partial charge in [-0.2, -0.15) is 0 Å². The predicted molar refractivity (Wildman–Crippen MR) is 103 cm³/mol. The van der Waals surface area contributed by atoms with Gasteiger partial charge in [-0.3, -0.25) is 4.79 Å². The summed E-state index contributed by atoms with van der Waals surface area (Å²) in [5.41, 5.74) is 4.39. The van der Waals surface area contributed by atoms with Gasteiger partial charge in [0.1, 0.15) is 11.8 Å². The molecule has 144 valence electrons. The Kier molecular flexibility index (Phi) is 6.71. The molecule has 0 fully saturated rings. The van der Waals surface area contributed by atoms with E-state index < -0.39 is 23.5 Å². The fraction of sp³-hybridized carbons (Fsp3) is 0.333. The van der Waals surface area contributed by atoms with Crippen molar-refractivity contribution in [3.05, 3.63) is 65.7 Å². The van der Waals surface area contributed by atoms with E-state index >= 15 is 0 Å². The number of esters is 1. The van der Waals surface area contributed by atoms with E-state index in [-0.39, 0.29) is 17.2 Å². The average Bonchev–Trinajstić information content (AvgIpc) is 2.67. The van der Waals surface area contributed by atoms with E-state index in [0.29, 0.717) is 12.1 Å². The monoisotopic (exact) mass is 370 g/mol. The minimum absolute atomic E-state index is 0.0937. The molecule has 0 aliphatic heterocycles. The summed E-state index contributed by atoms with van der Waals surface area (Å²) >= 11 is 0. The molecule has 0 aliphatic carbocycles. The number of benzene rings is 2. The van der Waals surface area contributed by atoms with Crippen LogP contribution in [-0.2, 0) is 15.2 Å². The predicted octanol–water partition coefficient (Wildman–Crippen LogP) is 1.95. The summed E-state index contributed by atoms with van der Waals surface area (Å²) in [6.07, 6.45) is 0. The first-order valence-electron chi connectivity index (χ1n) is 8.95. The zero-order chi connectivity index (χ0) is 20.0. The number of nitrogens with one attached hydrogen (secondary N) is 1. The fourth-order valence-corrected chi connectivity index (χ4v) is 2.68. The van der Waals surface area contributed by atoms with Crippen LogP contribution in [0.2, 0.25) is 0 Å². The van der Waals surface area contributed by atoms with E-state index in [4.69, 9.17) is 10.5 Å². The SMILES string of the molecule is CCNC(=O)[C@](O)(c1ccccc1)c1ccccc1OC(=O)[C@@H](N)C(C)C. The number of carbonyl (C=O) groups excluding carboxylic acids is 2. The second kappa shape index (κ2) is 8.79. The standard InChI is InChI=1S/C21H26N2O4/c1-4-23-20(25)21(26,15-10-6-5-7-11-15)16-12-8-9-13-17(16)27-19(24)18(22)14(2)3/h5-14,18,26H,4,22H2,1-3H3,(H,23,25)/t18-,21-/m0/s1. The summed E-state index contributed by atoms with van der Waals surface area (Å²) in [6, 6.07) is 14.1. The van der Waals surface area contributed by atoms with Gasteiger partial charge in [-0.25, -0.2) is 4.79 Å². The van der Waals surface area contributed by atoms with Crippen LogP contribution >= 0.6 is 0 Å². The number of hydrogen-bond acceptors (Lipinski definition) is 5. The number of nitrogens with two attached hydrogens (primary N) is 1. The lowest BCUT2D eigenvalue weighted by Gasteiger charge is -2.29. The lowest BCUT2D eigenvalue weighted by molar-refractivity contribution is -0.139. The number of carbonyl (C=O) groups is 2. The van der Waals surface area contributed by atoms with E-state index in [9.17, 15) is 14.7 Å². The van der Waals surface area contributed by atoms with Gasteiger partial charge in [0, 0.05) is 12.1 Å². The molecule has 0 saturated carbocycles. The molecule has 6 nitrogen and oxygen atoms in total. The summed E-state index contributed by atoms with van der Waals surface area (Å²) in [6.45, 7) is 5.73. The van der Waals surface area contributed by atoms with Gasteiger partial charge >= 0.3 is 5.97 Å². The molecule has 0 bridgehead atoms. The summed E-state index contributed by atoms with van der Waals surface area (Å²) in [5.74, 6) is -1.24. The minimum atomic E-state index is -2.02. The Labute approximate surface area is 159 Å². The van der Waals surface area contributed by atoms with Crippen LogP contribution in [0.15, 0.2) is 54.6 Å². The van der Waals surface area contributed by atoms with E-state index in [2.05, 4.69) is 5.32 Å². The fourth-order valence-electron chi connectivity index (χ4n) is 2.68. The van der Waals surface area contributed by atoms with Gasteiger partial charge in [-0.15, -0.1) is 0 Å². The molecule has 4 N–H and O–H groups in total. The van der Waals surface area contributed by atoms with Crippen molar-refractivity contribution in [3.8, 4) is 5.75 Å². The second-order valence-corrected chi connectivity index (χ2v) is 6.62. The van der Waals surface area contributed by atoms with Crippen molar-refractivity contribution in [1.29, 1.82) is 0 Å². The maximum absolute atomic E-state index is 12.8. The zero-order valence-electron chi connectivity index (χ0n) is 15.8. The van der Waals surface area contributed by atoms with Gasteiger partial charge < -0.3 is 20.9 Å². The summed E-state index contributed by atoms with van der Waals surface area (Å²) in [7, 11) is 0. The Balaban J connectivity index is 2.55. The molecule has 27 heavy (non-hydrogen) atoms. The van der Waals surface area contributed by atoms with Crippen molar-refractivity contribution in [2.45, 2.75) is 32.4 Å². The molecule has 2 atom stereocenters. The first-order valence-corrected chi connectivity index (χ1v) is 8.95. The van der Waals surface area contributed by atoms with Crippen LogP contribution in [0.1, 0.15) is 31.9 Å². The van der Waals surface area contributed by atoms with Crippen molar-refractivity contribution in [3.63, 3.8) is 0 Å². The van der Waals surface area contributed by atoms with E-state index in [0.717, 1.165) is 0 Å². The molecular weight excluding hydrogens is 344 g/mol. The topological polar surface area (TPSA) is 102 Å². The number of amides is 1. The van der Waals surface area contributed by atoms with E-state index in [1.54, 1.807) is 55.5 Å². The molecule has 6 heteroatoms. The molecule has 1 amide bonds. The highest BCUT2D eigenvalue weighted by molar-refractivity contribution is 5.91. The van der Waals surface area contributed by atoms with Gasteiger partial charge in [-0.1, -0.05) is 62.4 Å². The van der Waals surface area contributed by atoms with Crippen molar-refractivity contribution in [2.24, 2.45) is 11.7 Å². The number of ether oxygens (including phenoxy) is 1. The largest absolute Gasteiger partial charge is 0.425 e. The lowest BCUT2D eigenvalue weighted by atomic mass is 9.84. The maximum Gasteiger partial charge on any atom is 0.328 e. The minimum Gasteiger partial charge on any atom is -0.425 e. The summed E-state index contributed by atoms with van der Waals surface area (Å²) in [4.78, 5) is 25.2. The van der Waals surface area contributed by atoms with Gasteiger partial charge in [0.2, 0.25) is 0 Å². The van der Waals surface area contributed by atoms with Crippen molar-refractivity contribution in [1.82, 2.24) is 5.32 Å². The lowest BCUT2D eigenvalue weighted by Crippen LogP contribution is -2.46. The smallest absolute Gasteiger partial charge is 0.328 e. The molecule has 0 unspecified atom stereocenters. The van der Waals surface area contributed by atoms with Crippen molar-refractivity contribution < 1.29 is 19.4 Å². The molecule has 0 aromatic heterocycles. The third-order valence-electron chi connectivity index (χ3n) is 4.34. The molecular formula is C21H26N2O4.